The highest BCUT2D eigenvalue weighted by Crippen LogP contribution is 2.19. The Labute approximate surface area is 101 Å². The van der Waals surface area contributed by atoms with Gasteiger partial charge in [-0.1, -0.05) is 30.3 Å². The average Bonchev–Trinajstić information content (AvgIpc) is 2.73. The Morgan fingerprint density at radius 2 is 2.06 bits per heavy atom. The summed E-state index contributed by atoms with van der Waals surface area (Å²) in [6, 6.07) is 10.2. The smallest absolute Gasteiger partial charge is 0.215 e. The van der Waals surface area contributed by atoms with Crippen LogP contribution in [0.4, 0.5) is 0 Å². The molecule has 0 bridgehead atoms. The van der Waals surface area contributed by atoms with Crippen LogP contribution in [0.2, 0.25) is 0 Å². The maximum absolute atomic E-state index is 5.55. The molecule has 0 radical (unpaired) electrons. The first kappa shape index (κ1) is 11.7. The highest BCUT2D eigenvalue weighted by atomic mass is 16.5. The van der Waals surface area contributed by atoms with Gasteiger partial charge >= 0.3 is 0 Å². The number of methoxy groups -OCH3 is 1. The Morgan fingerprint density at radius 3 is 2.71 bits per heavy atom. The second-order valence-corrected chi connectivity index (χ2v) is 3.86. The molecule has 0 atom stereocenters. The van der Waals surface area contributed by atoms with Gasteiger partial charge in [-0.3, -0.25) is 0 Å². The lowest BCUT2D eigenvalue weighted by molar-refractivity contribution is 0.363. The summed E-state index contributed by atoms with van der Waals surface area (Å²) < 4.78 is 7.25. The first-order valence-electron chi connectivity index (χ1n) is 5.68. The van der Waals surface area contributed by atoms with Crippen molar-refractivity contribution in [3.05, 3.63) is 47.7 Å². The number of nitrogens with two attached hydrogens (primary N) is 1. The molecule has 2 N–H and O–H groups in total. The molecule has 2 rings (SSSR count). The Hall–Kier alpha value is -1.81. The van der Waals surface area contributed by atoms with Crippen molar-refractivity contribution in [3.63, 3.8) is 0 Å². The monoisotopic (exact) mass is 231 g/mol. The largest absolute Gasteiger partial charge is 0.481 e. The first-order valence-corrected chi connectivity index (χ1v) is 5.68. The van der Waals surface area contributed by atoms with Gasteiger partial charge in [0, 0.05) is 5.56 Å². The molecule has 4 nitrogen and oxygen atoms in total. The third-order valence-corrected chi connectivity index (χ3v) is 2.64. The summed E-state index contributed by atoms with van der Waals surface area (Å²) in [5.41, 5.74) is 7.82. The van der Waals surface area contributed by atoms with Crippen LogP contribution in [0, 0.1) is 0 Å². The van der Waals surface area contributed by atoms with Gasteiger partial charge in [-0.15, -0.1) is 0 Å². The molecule has 1 aromatic heterocycles. The van der Waals surface area contributed by atoms with Crippen LogP contribution in [-0.2, 0) is 13.0 Å². The lowest BCUT2D eigenvalue weighted by Gasteiger charge is -2.07. The van der Waals surface area contributed by atoms with E-state index in [9.17, 15) is 0 Å². The fraction of sp³-hybridized carbons (Fsp3) is 0.308. The molecule has 0 fully saturated rings. The SMILES string of the molecule is COc1c(CCN)cnn1Cc1ccccc1. The number of hydrogen-bond donors (Lipinski definition) is 1. The Kier molecular flexibility index (Phi) is 3.77. The van der Waals surface area contributed by atoms with Crippen LogP contribution in [0.15, 0.2) is 36.5 Å². The number of nitrogens with zero attached hydrogens (tertiary/aromatic N) is 2. The summed E-state index contributed by atoms with van der Waals surface area (Å²) in [4.78, 5) is 0. The standard InChI is InChI=1S/C13H17N3O/c1-17-13-12(7-8-14)9-15-16(13)10-11-5-3-2-4-6-11/h2-6,9H,7-8,10,14H2,1H3. The van der Waals surface area contributed by atoms with Gasteiger partial charge in [0.25, 0.3) is 0 Å². The number of ether oxygens (including phenoxy) is 1. The van der Waals surface area contributed by atoms with E-state index in [0.717, 1.165) is 17.9 Å². The maximum Gasteiger partial charge on any atom is 0.215 e. The van der Waals surface area contributed by atoms with Crippen molar-refractivity contribution < 1.29 is 4.74 Å². The van der Waals surface area contributed by atoms with Crippen molar-refractivity contribution in [2.24, 2.45) is 5.73 Å². The molecule has 0 aliphatic heterocycles. The Morgan fingerprint density at radius 1 is 1.29 bits per heavy atom. The zero-order valence-corrected chi connectivity index (χ0v) is 9.97. The summed E-state index contributed by atoms with van der Waals surface area (Å²) in [6.07, 6.45) is 2.62. The summed E-state index contributed by atoms with van der Waals surface area (Å²) in [6.45, 7) is 1.32. The van der Waals surface area contributed by atoms with E-state index in [-0.39, 0.29) is 0 Å². The zero-order chi connectivity index (χ0) is 12.1. The second-order valence-electron chi connectivity index (χ2n) is 3.86. The minimum atomic E-state index is 0.605. The second kappa shape index (κ2) is 5.50. The molecular formula is C13H17N3O. The molecule has 2 aromatic rings. The summed E-state index contributed by atoms with van der Waals surface area (Å²) >= 11 is 0. The van der Waals surface area contributed by atoms with Gasteiger partial charge in [-0.2, -0.15) is 5.10 Å². The molecule has 0 aliphatic carbocycles. The molecule has 0 aliphatic rings. The predicted octanol–water partition coefficient (Wildman–Crippen LogP) is 1.44. The van der Waals surface area contributed by atoms with Gasteiger partial charge in [-0.25, -0.2) is 4.68 Å². The number of benzene rings is 1. The average molecular weight is 231 g/mol. The molecule has 4 heteroatoms. The number of hydrogen-bond acceptors (Lipinski definition) is 3. The zero-order valence-electron chi connectivity index (χ0n) is 9.97. The van der Waals surface area contributed by atoms with E-state index in [4.69, 9.17) is 10.5 Å². The normalized spacial score (nSPS) is 10.5. The lowest BCUT2D eigenvalue weighted by atomic mass is 10.2. The van der Waals surface area contributed by atoms with Crippen molar-refractivity contribution >= 4 is 0 Å². The van der Waals surface area contributed by atoms with E-state index in [1.807, 2.05) is 29.1 Å². The van der Waals surface area contributed by atoms with Crippen molar-refractivity contribution in [3.8, 4) is 5.88 Å². The quantitative estimate of drug-likeness (QED) is 0.847. The molecule has 0 saturated heterocycles. The van der Waals surface area contributed by atoms with Gasteiger partial charge in [0.05, 0.1) is 19.9 Å². The molecule has 1 aromatic carbocycles. The summed E-state index contributed by atoms with van der Waals surface area (Å²) in [5.74, 6) is 0.805. The maximum atomic E-state index is 5.55. The van der Waals surface area contributed by atoms with Gasteiger partial charge in [0.15, 0.2) is 0 Å². The molecule has 0 unspecified atom stereocenters. The minimum Gasteiger partial charge on any atom is -0.481 e. The highest BCUT2D eigenvalue weighted by Gasteiger charge is 2.10. The molecule has 0 amide bonds. The lowest BCUT2D eigenvalue weighted by Crippen LogP contribution is -2.06. The van der Waals surface area contributed by atoms with Gasteiger partial charge < -0.3 is 10.5 Å². The Balaban J connectivity index is 2.21. The van der Waals surface area contributed by atoms with Crippen molar-refractivity contribution in [2.45, 2.75) is 13.0 Å². The third-order valence-electron chi connectivity index (χ3n) is 2.64. The van der Waals surface area contributed by atoms with Crippen LogP contribution in [0.25, 0.3) is 0 Å². The van der Waals surface area contributed by atoms with E-state index in [1.54, 1.807) is 7.11 Å². The summed E-state index contributed by atoms with van der Waals surface area (Å²) in [5, 5.41) is 4.34. The topological polar surface area (TPSA) is 53.1 Å². The predicted molar refractivity (Wildman–Crippen MR) is 67.1 cm³/mol. The van der Waals surface area contributed by atoms with E-state index in [0.29, 0.717) is 13.1 Å². The third kappa shape index (κ3) is 2.65. The van der Waals surface area contributed by atoms with Crippen LogP contribution in [0.1, 0.15) is 11.1 Å². The fourth-order valence-electron chi connectivity index (χ4n) is 1.85. The van der Waals surface area contributed by atoms with Gasteiger partial charge in [-0.05, 0) is 18.5 Å². The Bertz CT molecular complexity index is 465. The summed E-state index contributed by atoms with van der Waals surface area (Å²) in [7, 11) is 1.67. The van der Waals surface area contributed by atoms with Crippen LogP contribution in [0.5, 0.6) is 5.88 Å². The van der Waals surface area contributed by atoms with Crippen LogP contribution < -0.4 is 10.5 Å². The van der Waals surface area contributed by atoms with Crippen LogP contribution >= 0.6 is 0 Å². The minimum absolute atomic E-state index is 0.605. The van der Waals surface area contributed by atoms with Gasteiger partial charge in [0.2, 0.25) is 5.88 Å². The molecule has 1 heterocycles. The van der Waals surface area contributed by atoms with Gasteiger partial charge in [0.1, 0.15) is 0 Å². The van der Waals surface area contributed by atoms with E-state index in [2.05, 4.69) is 17.2 Å². The van der Waals surface area contributed by atoms with E-state index in [1.165, 1.54) is 5.56 Å². The highest BCUT2D eigenvalue weighted by molar-refractivity contribution is 5.26. The van der Waals surface area contributed by atoms with Crippen molar-refractivity contribution in [1.29, 1.82) is 0 Å². The molecule has 90 valence electrons. The number of aromatic nitrogens is 2. The number of rotatable bonds is 5. The molecule has 0 saturated carbocycles. The van der Waals surface area contributed by atoms with E-state index < -0.39 is 0 Å². The molecule has 0 spiro atoms. The van der Waals surface area contributed by atoms with Crippen LogP contribution in [0.3, 0.4) is 0 Å². The van der Waals surface area contributed by atoms with Crippen molar-refractivity contribution in [2.75, 3.05) is 13.7 Å². The van der Waals surface area contributed by atoms with Crippen LogP contribution in [-0.4, -0.2) is 23.4 Å². The molecule has 17 heavy (non-hydrogen) atoms. The van der Waals surface area contributed by atoms with E-state index >= 15 is 0 Å². The first-order chi connectivity index (χ1) is 8.35. The van der Waals surface area contributed by atoms with Crippen molar-refractivity contribution in [1.82, 2.24) is 9.78 Å². The fourth-order valence-corrected chi connectivity index (χ4v) is 1.85. The molecular weight excluding hydrogens is 214 g/mol.